The summed E-state index contributed by atoms with van der Waals surface area (Å²) in [6, 6.07) is 3.92. The van der Waals surface area contributed by atoms with Crippen LogP contribution >= 0.6 is 11.3 Å². The molecule has 0 aliphatic carbocycles. The zero-order valence-corrected chi connectivity index (χ0v) is 9.43. The number of hydrogen-bond donors (Lipinski definition) is 2. The van der Waals surface area contributed by atoms with Crippen molar-refractivity contribution in [2.24, 2.45) is 5.73 Å². The lowest BCUT2D eigenvalue weighted by molar-refractivity contribution is -0.122. The number of hydrogen-bond acceptors (Lipinski definition) is 3. The highest BCUT2D eigenvalue weighted by molar-refractivity contribution is 7.10. The standard InChI is InChI=1S/C11H16N2OS/c1-2-7-13-11(14)9(5-6-12)10-4-3-8-15-10/h2-4,8-9H,1,5-7,12H2,(H,13,14). The Morgan fingerprint density at radius 3 is 3.07 bits per heavy atom. The number of carbonyl (C=O) groups excluding carboxylic acids is 1. The second-order valence-electron chi connectivity index (χ2n) is 3.18. The molecule has 1 amide bonds. The van der Waals surface area contributed by atoms with Crippen LogP contribution in [0.25, 0.3) is 0 Å². The van der Waals surface area contributed by atoms with Crippen LogP contribution in [0.5, 0.6) is 0 Å². The van der Waals surface area contributed by atoms with Gasteiger partial charge in [-0.25, -0.2) is 0 Å². The molecule has 0 saturated carbocycles. The normalized spacial score (nSPS) is 12.1. The van der Waals surface area contributed by atoms with Crippen LogP contribution in [0, 0.1) is 0 Å². The Kier molecular flexibility index (Phi) is 5.07. The third-order valence-electron chi connectivity index (χ3n) is 2.08. The van der Waals surface area contributed by atoms with Crippen molar-refractivity contribution in [2.75, 3.05) is 13.1 Å². The van der Waals surface area contributed by atoms with Crippen molar-refractivity contribution in [1.29, 1.82) is 0 Å². The minimum Gasteiger partial charge on any atom is -0.352 e. The topological polar surface area (TPSA) is 55.1 Å². The van der Waals surface area contributed by atoms with Gasteiger partial charge in [0.15, 0.2) is 0 Å². The molecule has 15 heavy (non-hydrogen) atoms. The van der Waals surface area contributed by atoms with Crippen LogP contribution in [-0.2, 0) is 4.79 Å². The average Bonchev–Trinajstić information content (AvgIpc) is 2.75. The molecule has 4 heteroatoms. The molecule has 0 fully saturated rings. The van der Waals surface area contributed by atoms with Gasteiger partial charge in [0.2, 0.25) is 5.91 Å². The van der Waals surface area contributed by atoms with E-state index in [-0.39, 0.29) is 11.8 Å². The van der Waals surface area contributed by atoms with Gasteiger partial charge in [-0.15, -0.1) is 17.9 Å². The SMILES string of the molecule is C=CCNC(=O)C(CCN)c1cccs1. The summed E-state index contributed by atoms with van der Waals surface area (Å²) < 4.78 is 0. The highest BCUT2D eigenvalue weighted by Crippen LogP contribution is 2.23. The third kappa shape index (κ3) is 3.49. The maximum atomic E-state index is 11.8. The summed E-state index contributed by atoms with van der Waals surface area (Å²) in [5.74, 6) is -0.0854. The van der Waals surface area contributed by atoms with E-state index in [4.69, 9.17) is 5.73 Å². The van der Waals surface area contributed by atoms with E-state index in [1.807, 2.05) is 17.5 Å². The van der Waals surface area contributed by atoms with E-state index in [2.05, 4.69) is 11.9 Å². The third-order valence-corrected chi connectivity index (χ3v) is 3.07. The molecule has 0 radical (unpaired) electrons. The molecule has 1 rings (SSSR count). The summed E-state index contributed by atoms with van der Waals surface area (Å²) in [5.41, 5.74) is 5.51. The van der Waals surface area contributed by atoms with Gasteiger partial charge in [0.05, 0.1) is 5.92 Å². The number of nitrogens with one attached hydrogen (secondary N) is 1. The molecule has 0 aliphatic heterocycles. The van der Waals surface area contributed by atoms with Gasteiger partial charge < -0.3 is 11.1 Å². The van der Waals surface area contributed by atoms with Gasteiger partial charge >= 0.3 is 0 Å². The summed E-state index contributed by atoms with van der Waals surface area (Å²) in [7, 11) is 0. The highest BCUT2D eigenvalue weighted by Gasteiger charge is 2.19. The first-order chi connectivity index (χ1) is 7.29. The number of carbonyl (C=O) groups is 1. The van der Waals surface area contributed by atoms with Crippen molar-refractivity contribution in [2.45, 2.75) is 12.3 Å². The first kappa shape index (κ1) is 11.9. The minimum absolute atomic E-state index is 0.0304. The monoisotopic (exact) mass is 224 g/mol. The van der Waals surface area contributed by atoms with E-state index in [0.29, 0.717) is 19.5 Å². The molecule has 0 aromatic carbocycles. The van der Waals surface area contributed by atoms with Crippen LogP contribution in [0.4, 0.5) is 0 Å². The Bertz CT molecular complexity index is 308. The van der Waals surface area contributed by atoms with E-state index in [1.165, 1.54) is 0 Å². The largest absolute Gasteiger partial charge is 0.352 e. The molecule has 1 aromatic heterocycles. The molecule has 0 spiro atoms. The zero-order valence-electron chi connectivity index (χ0n) is 8.61. The predicted molar refractivity (Wildman–Crippen MR) is 63.9 cm³/mol. The molecule has 82 valence electrons. The van der Waals surface area contributed by atoms with E-state index in [0.717, 1.165) is 4.88 Å². The van der Waals surface area contributed by atoms with E-state index >= 15 is 0 Å². The number of thiophene rings is 1. The van der Waals surface area contributed by atoms with Crippen molar-refractivity contribution in [3.63, 3.8) is 0 Å². The molecule has 1 unspecified atom stereocenters. The van der Waals surface area contributed by atoms with Crippen LogP contribution in [0.3, 0.4) is 0 Å². The summed E-state index contributed by atoms with van der Waals surface area (Å²) in [6.07, 6.45) is 2.36. The Hall–Kier alpha value is -1.13. The lowest BCUT2D eigenvalue weighted by Crippen LogP contribution is -2.30. The van der Waals surface area contributed by atoms with Gasteiger partial charge in [0, 0.05) is 11.4 Å². The van der Waals surface area contributed by atoms with Crippen LogP contribution in [0.1, 0.15) is 17.2 Å². The summed E-state index contributed by atoms with van der Waals surface area (Å²) in [6.45, 7) is 4.59. The lowest BCUT2D eigenvalue weighted by Gasteiger charge is -2.13. The van der Waals surface area contributed by atoms with Crippen LogP contribution < -0.4 is 11.1 Å². The van der Waals surface area contributed by atoms with Gasteiger partial charge in [-0.1, -0.05) is 12.1 Å². The molecule has 0 aliphatic rings. The molecule has 0 saturated heterocycles. The molecule has 1 aromatic rings. The summed E-state index contributed by atoms with van der Waals surface area (Å²) >= 11 is 1.59. The quantitative estimate of drug-likeness (QED) is 0.719. The van der Waals surface area contributed by atoms with E-state index in [9.17, 15) is 4.79 Å². The Morgan fingerprint density at radius 1 is 1.73 bits per heavy atom. The van der Waals surface area contributed by atoms with Crippen molar-refractivity contribution < 1.29 is 4.79 Å². The fraction of sp³-hybridized carbons (Fsp3) is 0.364. The summed E-state index contributed by atoms with van der Waals surface area (Å²) in [4.78, 5) is 12.9. The van der Waals surface area contributed by atoms with Crippen molar-refractivity contribution in [1.82, 2.24) is 5.32 Å². The first-order valence-corrected chi connectivity index (χ1v) is 5.79. The van der Waals surface area contributed by atoms with Crippen molar-refractivity contribution >= 4 is 17.2 Å². The molecule has 0 bridgehead atoms. The Morgan fingerprint density at radius 2 is 2.53 bits per heavy atom. The summed E-state index contributed by atoms with van der Waals surface area (Å²) in [5, 5.41) is 4.77. The Balaban J connectivity index is 2.65. The lowest BCUT2D eigenvalue weighted by atomic mass is 10.0. The van der Waals surface area contributed by atoms with E-state index in [1.54, 1.807) is 17.4 Å². The van der Waals surface area contributed by atoms with Crippen LogP contribution in [-0.4, -0.2) is 19.0 Å². The maximum Gasteiger partial charge on any atom is 0.228 e. The smallest absolute Gasteiger partial charge is 0.228 e. The van der Waals surface area contributed by atoms with Crippen LogP contribution in [0.2, 0.25) is 0 Å². The second kappa shape index (κ2) is 6.37. The molecular weight excluding hydrogens is 208 g/mol. The zero-order chi connectivity index (χ0) is 11.1. The molecule has 1 heterocycles. The highest BCUT2D eigenvalue weighted by atomic mass is 32.1. The molecule has 3 nitrogen and oxygen atoms in total. The fourth-order valence-electron chi connectivity index (χ4n) is 1.35. The number of amides is 1. The van der Waals surface area contributed by atoms with Gasteiger partial charge in [-0.05, 0) is 24.4 Å². The van der Waals surface area contributed by atoms with Crippen molar-refractivity contribution in [3.05, 3.63) is 35.0 Å². The number of rotatable bonds is 6. The Labute approximate surface area is 94.0 Å². The minimum atomic E-state index is -0.116. The van der Waals surface area contributed by atoms with Crippen LogP contribution in [0.15, 0.2) is 30.2 Å². The van der Waals surface area contributed by atoms with Gasteiger partial charge in [-0.3, -0.25) is 4.79 Å². The molecule has 3 N–H and O–H groups in total. The van der Waals surface area contributed by atoms with Gasteiger partial charge in [0.1, 0.15) is 0 Å². The van der Waals surface area contributed by atoms with Gasteiger partial charge in [-0.2, -0.15) is 0 Å². The fourth-order valence-corrected chi connectivity index (χ4v) is 2.22. The second-order valence-corrected chi connectivity index (χ2v) is 4.16. The van der Waals surface area contributed by atoms with E-state index < -0.39 is 0 Å². The number of nitrogens with two attached hydrogens (primary N) is 1. The average molecular weight is 224 g/mol. The predicted octanol–water partition coefficient (Wildman–Crippen LogP) is 1.48. The maximum absolute atomic E-state index is 11.8. The van der Waals surface area contributed by atoms with Gasteiger partial charge in [0.25, 0.3) is 0 Å². The molecular formula is C11H16N2OS. The molecule has 1 atom stereocenters. The first-order valence-electron chi connectivity index (χ1n) is 4.91. The van der Waals surface area contributed by atoms with Crippen molar-refractivity contribution in [3.8, 4) is 0 Å².